The summed E-state index contributed by atoms with van der Waals surface area (Å²) in [6, 6.07) is 14.4. The standard InChI is InChI=1S/C18H14Cl2N2O2/c1-11-16(17(22-24-11)13-3-2-4-15(20)9-13)18(23)21-10-12-5-7-14(19)8-6-12/h2-9H,10H2,1H3,(H,21,23). The van der Waals surface area contributed by atoms with Crippen LogP contribution in [0, 0.1) is 6.92 Å². The number of nitrogens with one attached hydrogen (secondary N) is 1. The van der Waals surface area contributed by atoms with Gasteiger partial charge in [-0.3, -0.25) is 4.79 Å². The van der Waals surface area contributed by atoms with Gasteiger partial charge in [-0.25, -0.2) is 0 Å². The van der Waals surface area contributed by atoms with E-state index in [4.69, 9.17) is 27.7 Å². The van der Waals surface area contributed by atoms with Crippen molar-refractivity contribution in [1.82, 2.24) is 10.5 Å². The molecule has 0 unspecified atom stereocenters. The molecule has 6 heteroatoms. The minimum atomic E-state index is -0.251. The first kappa shape index (κ1) is 16.6. The molecule has 1 N–H and O–H groups in total. The van der Waals surface area contributed by atoms with E-state index in [2.05, 4.69) is 10.5 Å². The Morgan fingerprint density at radius 3 is 2.58 bits per heavy atom. The van der Waals surface area contributed by atoms with Gasteiger partial charge in [0.1, 0.15) is 17.0 Å². The van der Waals surface area contributed by atoms with Crippen LogP contribution in [-0.4, -0.2) is 11.1 Å². The quantitative estimate of drug-likeness (QED) is 0.720. The van der Waals surface area contributed by atoms with Crippen LogP contribution in [0.5, 0.6) is 0 Å². The first-order chi connectivity index (χ1) is 11.5. The number of nitrogens with zero attached hydrogens (tertiary/aromatic N) is 1. The van der Waals surface area contributed by atoms with Gasteiger partial charge in [-0.2, -0.15) is 0 Å². The second kappa shape index (κ2) is 7.07. The molecule has 24 heavy (non-hydrogen) atoms. The summed E-state index contributed by atoms with van der Waals surface area (Å²) < 4.78 is 5.21. The number of halogens is 2. The third-order valence-electron chi connectivity index (χ3n) is 3.55. The van der Waals surface area contributed by atoms with E-state index >= 15 is 0 Å². The highest BCUT2D eigenvalue weighted by atomic mass is 35.5. The van der Waals surface area contributed by atoms with Gasteiger partial charge in [0.25, 0.3) is 5.91 Å². The van der Waals surface area contributed by atoms with Crippen LogP contribution in [0.3, 0.4) is 0 Å². The highest BCUT2D eigenvalue weighted by molar-refractivity contribution is 6.31. The predicted octanol–water partition coefficient (Wildman–Crippen LogP) is 4.89. The van der Waals surface area contributed by atoms with Gasteiger partial charge in [-0.05, 0) is 36.8 Å². The maximum atomic E-state index is 12.6. The van der Waals surface area contributed by atoms with Gasteiger partial charge < -0.3 is 9.84 Å². The number of amides is 1. The molecule has 2 aromatic carbocycles. The molecule has 1 amide bonds. The Bertz CT molecular complexity index is 873. The molecule has 0 atom stereocenters. The third-order valence-corrected chi connectivity index (χ3v) is 4.04. The number of hydrogen-bond donors (Lipinski definition) is 1. The number of rotatable bonds is 4. The molecule has 4 nitrogen and oxygen atoms in total. The van der Waals surface area contributed by atoms with Crippen LogP contribution in [0.1, 0.15) is 21.7 Å². The molecule has 0 aliphatic carbocycles. The van der Waals surface area contributed by atoms with Crippen LogP contribution < -0.4 is 5.32 Å². The van der Waals surface area contributed by atoms with Gasteiger partial charge in [0, 0.05) is 22.2 Å². The van der Waals surface area contributed by atoms with Gasteiger partial charge in [0.15, 0.2) is 0 Å². The highest BCUT2D eigenvalue weighted by Gasteiger charge is 2.21. The Balaban J connectivity index is 1.82. The summed E-state index contributed by atoms with van der Waals surface area (Å²) in [7, 11) is 0. The molecule has 122 valence electrons. The summed E-state index contributed by atoms with van der Waals surface area (Å²) in [6.07, 6.45) is 0. The zero-order valence-electron chi connectivity index (χ0n) is 12.8. The molecule has 3 aromatic rings. The maximum absolute atomic E-state index is 12.6. The van der Waals surface area contributed by atoms with E-state index in [1.54, 1.807) is 37.3 Å². The lowest BCUT2D eigenvalue weighted by molar-refractivity contribution is 0.0950. The number of hydrogen-bond acceptors (Lipinski definition) is 3. The molecule has 0 saturated carbocycles. The molecule has 0 aliphatic rings. The molecule has 0 spiro atoms. The normalized spacial score (nSPS) is 10.6. The number of carbonyl (C=O) groups excluding carboxylic acids is 1. The molecule has 1 heterocycles. The average Bonchev–Trinajstić information content (AvgIpc) is 2.96. The van der Waals surface area contributed by atoms with E-state index in [0.29, 0.717) is 33.6 Å². The topological polar surface area (TPSA) is 55.1 Å². The van der Waals surface area contributed by atoms with Crippen molar-refractivity contribution in [3.63, 3.8) is 0 Å². The van der Waals surface area contributed by atoms with Gasteiger partial charge in [-0.1, -0.05) is 52.6 Å². The van der Waals surface area contributed by atoms with Crippen molar-refractivity contribution in [2.45, 2.75) is 13.5 Å². The van der Waals surface area contributed by atoms with Crippen molar-refractivity contribution >= 4 is 29.1 Å². The summed E-state index contributed by atoms with van der Waals surface area (Å²) in [5.41, 5.74) is 2.57. The van der Waals surface area contributed by atoms with E-state index in [9.17, 15) is 4.79 Å². The first-order valence-corrected chi connectivity index (χ1v) is 8.05. The zero-order valence-corrected chi connectivity index (χ0v) is 14.4. The van der Waals surface area contributed by atoms with E-state index in [1.165, 1.54) is 0 Å². The third kappa shape index (κ3) is 3.61. The zero-order chi connectivity index (χ0) is 17.1. The molecule has 0 bridgehead atoms. The van der Waals surface area contributed by atoms with Gasteiger partial charge in [0.05, 0.1) is 0 Å². The van der Waals surface area contributed by atoms with Gasteiger partial charge in [-0.15, -0.1) is 0 Å². The second-order valence-electron chi connectivity index (χ2n) is 5.28. The monoisotopic (exact) mass is 360 g/mol. The summed E-state index contributed by atoms with van der Waals surface area (Å²) in [5.74, 6) is 0.206. The fourth-order valence-corrected chi connectivity index (χ4v) is 2.66. The Kier molecular flexibility index (Phi) is 4.88. The SMILES string of the molecule is Cc1onc(-c2cccc(Cl)c2)c1C(=O)NCc1ccc(Cl)cc1. The molecule has 0 fully saturated rings. The van der Waals surface area contributed by atoms with Crippen LogP contribution in [0.2, 0.25) is 10.0 Å². The molecule has 1 aromatic heterocycles. The second-order valence-corrected chi connectivity index (χ2v) is 6.15. The van der Waals surface area contributed by atoms with Gasteiger partial charge in [0.2, 0.25) is 0 Å². The molecule has 0 aliphatic heterocycles. The number of aryl methyl sites for hydroxylation is 1. The largest absolute Gasteiger partial charge is 0.360 e. The number of aromatic nitrogens is 1. The molecule has 3 rings (SSSR count). The fourth-order valence-electron chi connectivity index (χ4n) is 2.35. The lowest BCUT2D eigenvalue weighted by Gasteiger charge is -2.06. The highest BCUT2D eigenvalue weighted by Crippen LogP contribution is 2.27. The summed E-state index contributed by atoms with van der Waals surface area (Å²) in [4.78, 5) is 12.6. The Hall–Kier alpha value is -2.30. The minimum Gasteiger partial charge on any atom is -0.360 e. The Morgan fingerprint density at radius 1 is 1.12 bits per heavy atom. The van der Waals surface area contributed by atoms with E-state index in [-0.39, 0.29) is 5.91 Å². The average molecular weight is 361 g/mol. The fraction of sp³-hybridized carbons (Fsp3) is 0.111. The Morgan fingerprint density at radius 2 is 1.88 bits per heavy atom. The lowest BCUT2D eigenvalue weighted by atomic mass is 10.1. The van der Waals surface area contributed by atoms with Crippen molar-refractivity contribution in [2.75, 3.05) is 0 Å². The molecular weight excluding hydrogens is 347 g/mol. The van der Waals surface area contributed by atoms with Gasteiger partial charge >= 0.3 is 0 Å². The van der Waals surface area contributed by atoms with E-state index < -0.39 is 0 Å². The summed E-state index contributed by atoms with van der Waals surface area (Å²) >= 11 is 11.9. The van der Waals surface area contributed by atoms with Crippen molar-refractivity contribution in [3.05, 3.63) is 75.5 Å². The first-order valence-electron chi connectivity index (χ1n) is 7.29. The van der Waals surface area contributed by atoms with Crippen LogP contribution >= 0.6 is 23.2 Å². The smallest absolute Gasteiger partial charge is 0.257 e. The molecule has 0 radical (unpaired) electrons. The van der Waals surface area contributed by atoms with E-state index in [1.807, 2.05) is 18.2 Å². The predicted molar refractivity (Wildman–Crippen MR) is 94.3 cm³/mol. The lowest BCUT2D eigenvalue weighted by Crippen LogP contribution is -2.23. The van der Waals surface area contributed by atoms with Crippen molar-refractivity contribution in [2.24, 2.45) is 0 Å². The van der Waals surface area contributed by atoms with Crippen LogP contribution in [0.4, 0.5) is 0 Å². The van der Waals surface area contributed by atoms with Crippen LogP contribution in [-0.2, 0) is 6.54 Å². The maximum Gasteiger partial charge on any atom is 0.257 e. The van der Waals surface area contributed by atoms with Crippen LogP contribution in [0.25, 0.3) is 11.3 Å². The van der Waals surface area contributed by atoms with Crippen molar-refractivity contribution in [1.29, 1.82) is 0 Å². The number of carbonyl (C=O) groups is 1. The van der Waals surface area contributed by atoms with Crippen molar-refractivity contribution < 1.29 is 9.32 Å². The number of benzene rings is 2. The summed E-state index contributed by atoms with van der Waals surface area (Å²) in [6.45, 7) is 2.09. The van der Waals surface area contributed by atoms with E-state index in [0.717, 1.165) is 11.1 Å². The van der Waals surface area contributed by atoms with Crippen molar-refractivity contribution in [3.8, 4) is 11.3 Å². The van der Waals surface area contributed by atoms with Crippen LogP contribution in [0.15, 0.2) is 53.1 Å². The Labute approximate surface area is 149 Å². The summed E-state index contributed by atoms with van der Waals surface area (Å²) in [5, 5.41) is 8.10. The molecule has 0 saturated heterocycles. The molecular formula is C18H14Cl2N2O2. The minimum absolute atomic E-state index is 0.251.